The summed E-state index contributed by atoms with van der Waals surface area (Å²) in [6.07, 6.45) is 0.923. The molecule has 0 saturated heterocycles. The summed E-state index contributed by atoms with van der Waals surface area (Å²) in [5.74, 6) is 1.69. The molecular weight excluding hydrogens is 346 g/mol. The van der Waals surface area contributed by atoms with Crippen molar-refractivity contribution in [3.8, 4) is 17.2 Å². The number of carbonyl (C=O) groups is 1. The Hall–Kier alpha value is -2.73. The van der Waals surface area contributed by atoms with Crippen LogP contribution < -0.4 is 19.5 Å². The van der Waals surface area contributed by atoms with Crippen LogP contribution in [0, 0.1) is 0 Å². The largest absolute Gasteiger partial charge is 0.493 e. The van der Waals surface area contributed by atoms with Crippen molar-refractivity contribution in [2.24, 2.45) is 0 Å². The Morgan fingerprint density at radius 2 is 1.70 bits per heavy atom. The topological polar surface area (TPSA) is 66.0 Å². The van der Waals surface area contributed by atoms with Crippen molar-refractivity contribution in [3.63, 3.8) is 0 Å². The fraction of sp³-hybridized carbons (Fsp3) is 0.381. The molecule has 0 spiro atoms. The summed E-state index contributed by atoms with van der Waals surface area (Å²) < 4.78 is 21.6. The first-order chi connectivity index (χ1) is 13.2. The molecule has 0 bridgehead atoms. The van der Waals surface area contributed by atoms with Gasteiger partial charge in [0.05, 0.1) is 25.9 Å². The minimum Gasteiger partial charge on any atom is -0.493 e. The van der Waals surface area contributed by atoms with Crippen molar-refractivity contribution in [2.45, 2.75) is 19.9 Å². The van der Waals surface area contributed by atoms with Gasteiger partial charge in [0.15, 0.2) is 11.5 Å². The molecule has 0 atom stereocenters. The molecule has 2 aromatic carbocycles. The summed E-state index contributed by atoms with van der Waals surface area (Å²) >= 11 is 0. The van der Waals surface area contributed by atoms with E-state index in [1.807, 2.05) is 31.2 Å². The number of ether oxygens (including phenoxy) is 4. The van der Waals surface area contributed by atoms with Crippen LogP contribution in [0.4, 0.5) is 0 Å². The third kappa shape index (κ3) is 6.18. The number of rotatable bonds is 11. The van der Waals surface area contributed by atoms with E-state index in [1.54, 1.807) is 32.4 Å². The Kier molecular flexibility index (Phi) is 8.45. The van der Waals surface area contributed by atoms with Gasteiger partial charge in [0.1, 0.15) is 12.4 Å². The average Bonchev–Trinajstić information content (AvgIpc) is 2.71. The van der Waals surface area contributed by atoms with E-state index in [0.717, 1.165) is 12.0 Å². The molecule has 0 aromatic heterocycles. The quantitative estimate of drug-likeness (QED) is 0.611. The highest BCUT2D eigenvalue weighted by Crippen LogP contribution is 2.28. The predicted molar refractivity (Wildman–Crippen MR) is 104 cm³/mol. The van der Waals surface area contributed by atoms with Crippen LogP contribution in [-0.2, 0) is 11.3 Å². The Bertz CT molecular complexity index is 732. The van der Waals surface area contributed by atoms with Crippen molar-refractivity contribution in [1.29, 1.82) is 0 Å². The third-order valence-electron chi connectivity index (χ3n) is 3.82. The number of amides is 1. The van der Waals surface area contributed by atoms with Crippen LogP contribution >= 0.6 is 0 Å². The summed E-state index contributed by atoms with van der Waals surface area (Å²) in [4.78, 5) is 12.6. The van der Waals surface area contributed by atoms with Crippen LogP contribution in [0.15, 0.2) is 42.5 Å². The molecule has 0 aliphatic heterocycles. The van der Waals surface area contributed by atoms with Gasteiger partial charge in [-0.15, -0.1) is 0 Å². The van der Waals surface area contributed by atoms with Gasteiger partial charge in [-0.3, -0.25) is 4.79 Å². The Balaban J connectivity index is 2.01. The molecule has 2 rings (SSSR count). The molecule has 27 heavy (non-hydrogen) atoms. The van der Waals surface area contributed by atoms with Crippen LogP contribution in [0.1, 0.15) is 29.3 Å². The molecule has 0 radical (unpaired) electrons. The van der Waals surface area contributed by atoms with Crippen molar-refractivity contribution in [3.05, 3.63) is 53.6 Å². The first kappa shape index (κ1) is 20.6. The first-order valence-corrected chi connectivity index (χ1v) is 8.98. The number of para-hydroxylation sites is 1. The predicted octanol–water partition coefficient (Wildman–Crippen LogP) is 3.44. The molecule has 146 valence electrons. The lowest BCUT2D eigenvalue weighted by molar-refractivity contribution is 0.0943. The second kappa shape index (κ2) is 11.1. The zero-order valence-corrected chi connectivity index (χ0v) is 16.1. The number of carbonyl (C=O) groups excluding carboxylic acids is 1. The number of hydrogen-bond donors (Lipinski definition) is 1. The van der Waals surface area contributed by atoms with Crippen molar-refractivity contribution in [1.82, 2.24) is 5.32 Å². The Morgan fingerprint density at radius 1 is 0.926 bits per heavy atom. The summed E-state index contributed by atoms with van der Waals surface area (Å²) in [5.41, 5.74) is 1.41. The average molecular weight is 373 g/mol. The first-order valence-electron chi connectivity index (χ1n) is 8.98. The number of methoxy groups -OCH3 is 2. The van der Waals surface area contributed by atoms with Gasteiger partial charge in [0.25, 0.3) is 5.91 Å². The van der Waals surface area contributed by atoms with E-state index < -0.39 is 0 Å². The molecule has 1 amide bonds. The second-order valence-corrected chi connectivity index (χ2v) is 5.85. The number of nitrogens with one attached hydrogen (secondary N) is 1. The van der Waals surface area contributed by atoms with Crippen molar-refractivity contribution in [2.75, 3.05) is 34.0 Å². The van der Waals surface area contributed by atoms with E-state index in [9.17, 15) is 4.79 Å². The Labute approximate surface area is 160 Å². The van der Waals surface area contributed by atoms with Gasteiger partial charge in [-0.05, 0) is 36.2 Å². The van der Waals surface area contributed by atoms with Gasteiger partial charge in [-0.2, -0.15) is 0 Å². The van der Waals surface area contributed by atoms with E-state index in [-0.39, 0.29) is 5.91 Å². The molecule has 6 heteroatoms. The van der Waals surface area contributed by atoms with Crippen LogP contribution in [0.25, 0.3) is 0 Å². The third-order valence-corrected chi connectivity index (χ3v) is 3.82. The van der Waals surface area contributed by atoms with Crippen molar-refractivity contribution < 1.29 is 23.7 Å². The van der Waals surface area contributed by atoms with Crippen LogP contribution in [0.5, 0.6) is 17.2 Å². The van der Waals surface area contributed by atoms with E-state index in [2.05, 4.69) is 5.32 Å². The van der Waals surface area contributed by atoms with Gasteiger partial charge in [0.2, 0.25) is 0 Å². The van der Waals surface area contributed by atoms with E-state index in [1.165, 1.54) is 0 Å². The lowest BCUT2D eigenvalue weighted by Gasteiger charge is -2.13. The normalized spacial score (nSPS) is 10.3. The molecule has 1 N–H and O–H groups in total. The maximum absolute atomic E-state index is 12.6. The SMILES string of the molecule is CCCOc1ccc(CNC(=O)c2ccccc2OCCOC)cc1OC. The summed E-state index contributed by atoms with van der Waals surface area (Å²) in [5, 5.41) is 2.91. The van der Waals surface area contributed by atoms with Gasteiger partial charge in [0, 0.05) is 13.7 Å². The highest BCUT2D eigenvalue weighted by atomic mass is 16.5. The minimum absolute atomic E-state index is 0.201. The monoisotopic (exact) mass is 373 g/mol. The molecule has 0 unspecified atom stereocenters. The minimum atomic E-state index is -0.201. The molecule has 6 nitrogen and oxygen atoms in total. The van der Waals surface area contributed by atoms with Gasteiger partial charge < -0.3 is 24.3 Å². The molecule has 0 saturated carbocycles. The highest BCUT2D eigenvalue weighted by molar-refractivity contribution is 5.96. The Morgan fingerprint density at radius 3 is 2.44 bits per heavy atom. The fourth-order valence-electron chi connectivity index (χ4n) is 2.45. The lowest BCUT2D eigenvalue weighted by atomic mass is 10.1. The van der Waals surface area contributed by atoms with Gasteiger partial charge in [-0.1, -0.05) is 25.1 Å². The molecular formula is C21H27NO5. The van der Waals surface area contributed by atoms with Crippen molar-refractivity contribution >= 4 is 5.91 Å². The fourth-order valence-corrected chi connectivity index (χ4v) is 2.45. The number of benzene rings is 2. The second-order valence-electron chi connectivity index (χ2n) is 5.85. The maximum Gasteiger partial charge on any atom is 0.255 e. The molecule has 0 aliphatic rings. The molecule has 0 aliphatic carbocycles. The standard InChI is InChI=1S/C21H27NO5/c1-4-11-26-19-10-9-16(14-20(19)25-3)15-22-21(23)17-7-5-6-8-18(17)27-13-12-24-2/h5-10,14H,4,11-13,15H2,1-3H3,(H,22,23). The van der Waals surface area contributed by atoms with Crippen LogP contribution in [0.3, 0.4) is 0 Å². The van der Waals surface area contributed by atoms with Crippen LogP contribution in [-0.4, -0.2) is 39.9 Å². The van der Waals surface area contributed by atoms with Gasteiger partial charge >= 0.3 is 0 Å². The summed E-state index contributed by atoms with van der Waals surface area (Å²) in [7, 11) is 3.21. The highest BCUT2D eigenvalue weighted by Gasteiger charge is 2.12. The zero-order chi connectivity index (χ0) is 19.5. The molecule has 0 heterocycles. The van der Waals surface area contributed by atoms with E-state index in [0.29, 0.717) is 49.2 Å². The summed E-state index contributed by atoms with van der Waals surface area (Å²) in [6, 6.07) is 12.8. The summed E-state index contributed by atoms with van der Waals surface area (Å²) in [6.45, 7) is 3.90. The van der Waals surface area contributed by atoms with Crippen LogP contribution in [0.2, 0.25) is 0 Å². The van der Waals surface area contributed by atoms with Gasteiger partial charge in [-0.25, -0.2) is 0 Å². The van der Waals surface area contributed by atoms with E-state index >= 15 is 0 Å². The molecule has 0 fully saturated rings. The number of hydrogen-bond acceptors (Lipinski definition) is 5. The van der Waals surface area contributed by atoms with E-state index in [4.69, 9.17) is 18.9 Å². The zero-order valence-electron chi connectivity index (χ0n) is 16.1. The smallest absolute Gasteiger partial charge is 0.255 e. The molecule has 2 aromatic rings. The lowest BCUT2D eigenvalue weighted by Crippen LogP contribution is -2.23. The maximum atomic E-state index is 12.6.